The van der Waals surface area contributed by atoms with Crippen molar-refractivity contribution in [2.45, 2.75) is 0 Å². The molecular formula is C14H9NO5. The number of aryl methyl sites for hydroxylation is 1. The third-order valence-electron chi connectivity index (χ3n) is 3.28. The molecule has 1 aromatic carbocycles. The predicted octanol–water partition coefficient (Wildman–Crippen LogP) is 1.16. The molecule has 2 heterocycles. The highest BCUT2D eigenvalue weighted by atomic mass is 16.4. The van der Waals surface area contributed by atoms with Gasteiger partial charge >= 0.3 is 5.63 Å². The molecule has 0 aliphatic rings. The molecule has 3 rings (SSSR count). The average molecular weight is 271 g/mol. The number of aromatic nitrogens is 1. The lowest BCUT2D eigenvalue weighted by atomic mass is 10.1. The van der Waals surface area contributed by atoms with Crippen molar-refractivity contribution in [1.82, 2.24) is 4.57 Å². The Morgan fingerprint density at radius 1 is 1.25 bits per heavy atom. The van der Waals surface area contributed by atoms with Crippen molar-refractivity contribution in [2.75, 3.05) is 0 Å². The molecule has 100 valence electrons. The van der Waals surface area contributed by atoms with E-state index >= 15 is 0 Å². The first-order chi connectivity index (χ1) is 9.56. The lowest BCUT2D eigenvalue weighted by Gasteiger charge is -2.09. The van der Waals surface area contributed by atoms with E-state index in [0.29, 0.717) is 10.9 Å². The summed E-state index contributed by atoms with van der Waals surface area (Å²) in [6.07, 6.45) is 0.176. The van der Waals surface area contributed by atoms with E-state index in [1.165, 1.54) is 11.6 Å². The fourth-order valence-corrected chi connectivity index (χ4v) is 2.26. The number of hydrogen-bond donors (Lipinski definition) is 1. The number of benzene rings is 1. The summed E-state index contributed by atoms with van der Waals surface area (Å²) in [5.41, 5.74) is -1.51. The molecular weight excluding hydrogens is 262 g/mol. The third kappa shape index (κ3) is 1.41. The molecule has 0 spiro atoms. The highest BCUT2D eigenvalue weighted by Gasteiger charge is 2.19. The first kappa shape index (κ1) is 12.2. The van der Waals surface area contributed by atoms with E-state index in [4.69, 9.17) is 4.42 Å². The summed E-state index contributed by atoms with van der Waals surface area (Å²) in [7, 11) is 1.54. The number of rotatable bonds is 1. The van der Waals surface area contributed by atoms with Gasteiger partial charge < -0.3 is 14.1 Å². The molecule has 0 atom stereocenters. The van der Waals surface area contributed by atoms with Crippen LogP contribution >= 0.6 is 0 Å². The van der Waals surface area contributed by atoms with E-state index in [0.717, 1.165) is 0 Å². The van der Waals surface area contributed by atoms with Gasteiger partial charge in [-0.3, -0.25) is 9.59 Å². The van der Waals surface area contributed by atoms with Gasteiger partial charge in [-0.25, -0.2) is 4.79 Å². The summed E-state index contributed by atoms with van der Waals surface area (Å²) in [5, 5.41) is 10.3. The summed E-state index contributed by atoms with van der Waals surface area (Å²) < 4.78 is 6.38. The maximum atomic E-state index is 12.3. The molecule has 6 nitrogen and oxygen atoms in total. The molecule has 0 radical (unpaired) electrons. The number of carbonyl (C=O) groups excluding carboxylic acids is 1. The van der Waals surface area contributed by atoms with Crippen LogP contribution in [0.5, 0.6) is 5.75 Å². The number of para-hydroxylation sites is 1. The monoisotopic (exact) mass is 271 g/mol. The maximum Gasteiger partial charge on any atom is 0.350 e. The lowest BCUT2D eigenvalue weighted by Crippen LogP contribution is -2.19. The molecule has 0 aliphatic carbocycles. The zero-order valence-corrected chi connectivity index (χ0v) is 10.4. The molecule has 0 saturated heterocycles. The quantitative estimate of drug-likeness (QED) is 0.530. The van der Waals surface area contributed by atoms with Gasteiger partial charge in [-0.2, -0.15) is 0 Å². The number of nitrogens with zero attached hydrogens (tertiary/aromatic N) is 1. The Balaban J connectivity index is 2.77. The predicted molar refractivity (Wildman–Crippen MR) is 72.3 cm³/mol. The Kier molecular flexibility index (Phi) is 2.47. The topological polar surface area (TPSA) is 89.5 Å². The SMILES string of the molecule is Cn1c(=O)c2c(O)c(C=O)c(=O)oc2c2ccccc21. The van der Waals surface area contributed by atoms with Gasteiger partial charge in [-0.05, 0) is 12.1 Å². The lowest BCUT2D eigenvalue weighted by molar-refractivity contribution is 0.111. The number of aldehydes is 1. The Labute approximate surface area is 111 Å². The Bertz CT molecular complexity index is 981. The molecule has 0 saturated carbocycles. The van der Waals surface area contributed by atoms with E-state index in [1.807, 2.05) is 0 Å². The zero-order valence-electron chi connectivity index (χ0n) is 10.4. The van der Waals surface area contributed by atoms with Crippen molar-refractivity contribution in [3.8, 4) is 5.75 Å². The maximum absolute atomic E-state index is 12.3. The first-order valence-electron chi connectivity index (χ1n) is 5.79. The van der Waals surface area contributed by atoms with Gasteiger partial charge in [0.2, 0.25) is 0 Å². The van der Waals surface area contributed by atoms with Crippen LogP contribution in [0, 0.1) is 0 Å². The minimum atomic E-state index is -0.969. The largest absolute Gasteiger partial charge is 0.506 e. The van der Waals surface area contributed by atoms with Gasteiger partial charge in [-0.1, -0.05) is 12.1 Å². The summed E-state index contributed by atoms with van der Waals surface area (Å²) in [4.78, 5) is 34.7. The van der Waals surface area contributed by atoms with E-state index in [2.05, 4.69) is 0 Å². The summed E-state index contributed by atoms with van der Waals surface area (Å²) >= 11 is 0. The third-order valence-corrected chi connectivity index (χ3v) is 3.28. The van der Waals surface area contributed by atoms with E-state index in [9.17, 15) is 19.5 Å². The molecule has 2 aromatic heterocycles. The second kappa shape index (κ2) is 4.06. The number of fused-ring (bicyclic) bond motifs is 3. The van der Waals surface area contributed by atoms with Crippen molar-refractivity contribution in [3.05, 3.63) is 50.6 Å². The van der Waals surface area contributed by atoms with Crippen molar-refractivity contribution in [3.63, 3.8) is 0 Å². The molecule has 0 amide bonds. The van der Waals surface area contributed by atoms with Crippen LogP contribution in [0.2, 0.25) is 0 Å². The van der Waals surface area contributed by atoms with Crippen molar-refractivity contribution >= 4 is 28.2 Å². The fourth-order valence-electron chi connectivity index (χ4n) is 2.26. The number of pyridine rings is 1. The standard InChI is InChI=1S/C14H9NO5/c1-15-9-5-3-2-4-7(9)12-10(13(15)18)11(17)8(6-16)14(19)20-12/h2-6,17H,1H3. The van der Waals surface area contributed by atoms with Crippen molar-refractivity contribution in [2.24, 2.45) is 7.05 Å². The molecule has 0 fully saturated rings. The van der Waals surface area contributed by atoms with E-state index in [1.54, 1.807) is 24.3 Å². The molecule has 3 aromatic rings. The van der Waals surface area contributed by atoms with E-state index < -0.39 is 22.5 Å². The Morgan fingerprint density at radius 3 is 2.65 bits per heavy atom. The number of carbonyl (C=O) groups is 1. The van der Waals surface area contributed by atoms with Crippen LogP contribution in [0.15, 0.2) is 38.3 Å². The fraction of sp³-hybridized carbons (Fsp3) is 0.0714. The van der Waals surface area contributed by atoms with Gasteiger partial charge in [0.25, 0.3) is 5.56 Å². The second-order valence-electron chi connectivity index (χ2n) is 4.36. The van der Waals surface area contributed by atoms with Crippen LogP contribution in [0.3, 0.4) is 0 Å². The van der Waals surface area contributed by atoms with E-state index in [-0.39, 0.29) is 17.3 Å². The van der Waals surface area contributed by atoms with Crippen LogP contribution in [0.1, 0.15) is 10.4 Å². The Morgan fingerprint density at radius 2 is 1.95 bits per heavy atom. The van der Waals surface area contributed by atoms with Gasteiger partial charge in [0.05, 0.1) is 5.52 Å². The molecule has 6 heteroatoms. The van der Waals surface area contributed by atoms with Crippen LogP contribution in [0.4, 0.5) is 0 Å². The molecule has 20 heavy (non-hydrogen) atoms. The van der Waals surface area contributed by atoms with Gasteiger partial charge in [-0.15, -0.1) is 0 Å². The highest BCUT2D eigenvalue weighted by molar-refractivity contribution is 6.05. The summed E-state index contributed by atoms with van der Waals surface area (Å²) in [6.45, 7) is 0. The highest BCUT2D eigenvalue weighted by Crippen LogP contribution is 2.27. The number of hydrogen-bond acceptors (Lipinski definition) is 5. The summed E-state index contributed by atoms with van der Waals surface area (Å²) in [6, 6.07) is 6.82. The van der Waals surface area contributed by atoms with Crippen LogP contribution in [-0.4, -0.2) is 16.0 Å². The number of aromatic hydroxyl groups is 1. The smallest absolute Gasteiger partial charge is 0.350 e. The van der Waals surface area contributed by atoms with Gasteiger partial charge in [0.15, 0.2) is 11.9 Å². The van der Waals surface area contributed by atoms with Crippen molar-refractivity contribution < 1.29 is 14.3 Å². The zero-order chi connectivity index (χ0) is 14.4. The minimum Gasteiger partial charge on any atom is -0.506 e. The second-order valence-corrected chi connectivity index (χ2v) is 4.36. The summed E-state index contributed by atoms with van der Waals surface area (Å²) in [5.74, 6) is -0.641. The molecule has 1 N–H and O–H groups in total. The minimum absolute atomic E-state index is 0.0169. The average Bonchev–Trinajstić information content (AvgIpc) is 2.44. The molecule has 0 bridgehead atoms. The van der Waals surface area contributed by atoms with Crippen molar-refractivity contribution in [1.29, 1.82) is 0 Å². The van der Waals surface area contributed by atoms with Gasteiger partial charge in [0.1, 0.15) is 16.7 Å². The molecule has 0 aliphatic heterocycles. The first-order valence-corrected chi connectivity index (χ1v) is 5.79. The Hall–Kier alpha value is -2.89. The van der Waals surface area contributed by atoms with Crippen LogP contribution in [0.25, 0.3) is 21.9 Å². The normalized spacial score (nSPS) is 11.1. The van der Waals surface area contributed by atoms with Crippen LogP contribution < -0.4 is 11.2 Å². The van der Waals surface area contributed by atoms with Crippen LogP contribution in [-0.2, 0) is 7.05 Å². The van der Waals surface area contributed by atoms with Gasteiger partial charge in [0, 0.05) is 12.4 Å². The molecule has 0 unspecified atom stereocenters.